The topological polar surface area (TPSA) is 52.6 Å². The monoisotopic (exact) mass is 186 g/mol. The van der Waals surface area contributed by atoms with E-state index in [0.717, 1.165) is 0 Å². The van der Waals surface area contributed by atoms with Gasteiger partial charge in [-0.15, -0.1) is 0 Å². The summed E-state index contributed by atoms with van der Waals surface area (Å²) >= 11 is 0. The maximum atomic E-state index is 10.6. The molecule has 0 radical (unpaired) electrons. The van der Waals surface area contributed by atoms with Gasteiger partial charge in [-0.05, 0) is 27.7 Å². The minimum Gasteiger partial charge on any atom is -0.396 e. The van der Waals surface area contributed by atoms with Crippen LogP contribution in [0.1, 0.15) is 32.3 Å². The highest BCUT2D eigenvalue weighted by atomic mass is 16.6. The molecule has 1 rings (SSSR count). The molecule has 0 bridgehead atoms. The zero-order valence-corrected chi connectivity index (χ0v) is 8.34. The smallest absolute Gasteiger partial charge is 0.396 e. The first-order valence-electron chi connectivity index (χ1n) is 4.12. The summed E-state index contributed by atoms with van der Waals surface area (Å²) in [5.74, 6) is 0.263. The third kappa shape index (κ3) is 3.06. The summed E-state index contributed by atoms with van der Waals surface area (Å²) in [6.45, 7) is 7.73. The van der Waals surface area contributed by atoms with E-state index in [9.17, 15) is 4.79 Å². The third-order valence-electron chi connectivity index (χ3n) is 1.47. The van der Waals surface area contributed by atoms with Crippen molar-refractivity contribution < 1.29 is 13.6 Å². The predicted molar refractivity (Wildman–Crippen MR) is 46.5 cm³/mol. The molecule has 4 nitrogen and oxygen atoms in total. The molecule has 1 aromatic rings. The van der Waals surface area contributed by atoms with Crippen LogP contribution in [0.5, 0.6) is 0 Å². The highest BCUT2D eigenvalue weighted by molar-refractivity contribution is 4.98. The SMILES string of the molecule is Cc1oc(=O)oc1COC(C)(C)C. The molecular weight excluding hydrogens is 172 g/mol. The Kier molecular flexibility index (Phi) is 2.61. The minimum absolute atomic E-state index is 0.248. The molecule has 0 saturated heterocycles. The van der Waals surface area contributed by atoms with Crippen molar-refractivity contribution in [2.45, 2.75) is 39.9 Å². The first kappa shape index (κ1) is 10.1. The molecular formula is C9H14O4. The zero-order valence-electron chi connectivity index (χ0n) is 8.34. The highest BCUT2D eigenvalue weighted by Gasteiger charge is 2.14. The van der Waals surface area contributed by atoms with Crippen molar-refractivity contribution in [3.8, 4) is 0 Å². The van der Waals surface area contributed by atoms with Gasteiger partial charge in [0.15, 0.2) is 5.76 Å². The van der Waals surface area contributed by atoms with Crippen molar-refractivity contribution in [3.63, 3.8) is 0 Å². The van der Waals surface area contributed by atoms with Crippen LogP contribution < -0.4 is 5.82 Å². The summed E-state index contributed by atoms with van der Waals surface area (Å²) in [5, 5.41) is 0. The molecule has 0 fully saturated rings. The molecule has 0 amide bonds. The molecule has 0 spiro atoms. The molecule has 0 unspecified atom stereocenters. The Hall–Kier alpha value is -1.03. The van der Waals surface area contributed by atoms with E-state index in [1.165, 1.54) is 0 Å². The molecule has 0 aliphatic heterocycles. The molecule has 0 aliphatic rings. The van der Waals surface area contributed by atoms with Crippen LogP contribution in [0.25, 0.3) is 0 Å². The van der Waals surface area contributed by atoms with Crippen LogP contribution in [0.3, 0.4) is 0 Å². The normalized spacial score (nSPS) is 12.0. The Balaban J connectivity index is 2.65. The van der Waals surface area contributed by atoms with Crippen molar-refractivity contribution in [1.29, 1.82) is 0 Å². The lowest BCUT2D eigenvalue weighted by Gasteiger charge is -2.18. The van der Waals surface area contributed by atoms with E-state index in [1.54, 1.807) is 6.92 Å². The Morgan fingerprint density at radius 3 is 2.31 bits per heavy atom. The Bertz CT molecular complexity index is 326. The van der Waals surface area contributed by atoms with E-state index in [1.807, 2.05) is 20.8 Å². The van der Waals surface area contributed by atoms with Crippen molar-refractivity contribution in [2.24, 2.45) is 0 Å². The van der Waals surface area contributed by atoms with Gasteiger partial charge >= 0.3 is 5.82 Å². The summed E-state index contributed by atoms with van der Waals surface area (Å²) < 4.78 is 14.9. The molecule has 0 saturated carbocycles. The van der Waals surface area contributed by atoms with Gasteiger partial charge in [0.25, 0.3) is 0 Å². The first-order valence-corrected chi connectivity index (χ1v) is 4.12. The van der Waals surface area contributed by atoms with Crippen molar-refractivity contribution >= 4 is 0 Å². The van der Waals surface area contributed by atoms with Crippen LogP contribution in [-0.4, -0.2) is 5.60 Å². The van der Waals surface area contributed by atoms with E-state index in [4.69, 9.17) is 9.15 Å². The van der Waals surface area contributed by atoms with Crippen LogP contribution in [0.2, 0.25) is 0 Å². The lowest BCUT2D eigenvalue weighted by atomic mass is 10.2. The second-order valence-electron chi connectivity index (χ2n) is 3.83. The fraction of sp³-hybridized carbons (Fsp3) is 0.667. The number of rotatable bonds is 2. The minimum atomic E-state index is -0.676. The van der Waals surface area contributed by atoms with Crippen molar-refractivity contribution in [2.75, 3.05) is 0 Å². The second-order valence-corrected chi connectivity index (χ2v) is 3.83. The molecule has 0 atom stereocenters. The van der Waals surface area contributed by atoms with Gasteiger partial charge in [0, 0.05) is 0 Å². The van der Waals surface area contributed by atoms with Gasteiger partial charge in [0.2, 0.25) is 0 Å². The maximum Gasteiger partial charge on any atom is 0.519 e. The molecule has 0 aromatic carbocycles. The van der Waals surface area contributed by atoms with E-state index >= 15 is 0 Å². The van der Waals surface area contributed by atoms with Crippen molar-refractivity contribution in [1.82, 2.24) is 0 Å². The average Bonchev–Trinajstić information content (AvgIpc) is 2.24. The van der Waals surface area contributed by atoms with Crippen LogP contribution >= 0.6 is 0 Å². The fourth-order valence-electron chi connectivity index (χ4n) is 0.788. The average molecular weight is 186 g/mol. The predicted octanol–water partition coefficient (Wildman–Crippen LogP) is 1.86. The van der Waals surface area contributed by atoms with Crippen LogP contribution in [0.15, 0.2) is 13.6 Å². The van der Waals surface area contributed by atoms with Gasteiger partial charge in [-0.3, -0.25) is 0 Å². The Morgan fingerprint density at radius 1 is 1.31 bits per heavy atom. The molecule has 0 aliphatic carbocycles. The van der Waals surface area contributed by atoms with Gasteiger partial charge in [0.1, 0.15) is 12.4 Å². The van der Waals surface area contributed by atoms with Crippen molar-refractivity contribution in [3.05, 3.63) is 22.1 Å². The molecule has 74 valence electrons. The maximum absolute atomic E-state index is 10.6. The molecule has 1 aromatic heterocycles. The lowest BCUT2D eigenvalue weighted by Crippen LogP contribution is -2.18. The zero-order chi connectivity index (χ0) is 10.1. The Labute approximate surface area is 76.5 Å². The van der Waals surface area contributed by atoms with Crippen LogP contribution in [0, 0.1) is 6.92 Å². The van der Waals surface area contributed by atoms with Crippen LogP contribution in [0.4, 0.5) is 0 Å². The van der Waals surface area contributed by atoms with Gasteiger partial charge in [-0.1, -0.05) is 0 Å². The summed E-state index contributed by atoms with van der Waals surface area (Å²) in [7, 11) is 0. The molecule has 1 heterocycles. The Morgan fingerprint density at radius 2 is 1.92 bits per heavy atom. The van der Waals surface area contributed by atoms with E-state index in [-0.39, 0.29) is 12.2 Å². The molecule has 4 heteroatoms. The van der Waals surface area contributed by atoms with E-state index < -0.39 is 5.82 Å². The lowest BCUT2D eigenvalue weighted by molar-refractivity contribution is -0.0230. The highest BCUT2D eigenvalue weighted by Crippen LogP contribution is 2.13. The largest absolute Gasteiger partial charge is 0.519 e. The summed E-state index contributed by atoms with van der Waals surface area (Å²) in [6.07, 6.45) is 0. The number of hydrogen-bond donors (Lipinski definition) is 0. The van der Waals surface area contributed by atoms with E-state index in [0.29, 0.717) is 11.5 Å². The number of aryl methyl sites for hydroxylation is 1. The standard InChI is InChI=1S/C9H14O4/c1-6-7(13-8(10)12-6)5-11-9(2,3)4/h5H2,1-4H3. The number of hydrogen-bond acceptors (Lipinski definition) is 4. The molecule has 13 heavy (non-hydrogen) atoms. The summed E-state index contributed by atoms with van der Waals surface area (Å²) in [4.78, 5) is 10.6. The van der Waals surface area contributed by atoms with Gasteiger partial charge in [-0.25, -0.2) is 4.79 Å². The fourth-order valence-corrected chi connectivity index (χ4v) is 0.788. The second kappa shape index (κ2) is 3.38. The van der Waals surface area contributed by atoms with Gasteiger partial charge < -0.3 is 13.6 Å². The van der Waals surface area contributed by atoms with Crippen LogP contribution in [-0.2, 0) is 11.3 Å². The molecule has 0 N–H and O–H groups in total. The van der Waals surface area contributed by atoms with E-state index in [2.05, 4.69) is 4.42 Å². The first-order chi connectivity index (χ1) is 5.88. The summed E-state index contributed by atoms with van der Waals surface area (Å²) in [6, 6.07) is 0. The van der Waals surface area contributed by atoms with Gasteiger partial charge in [-0.2, -0.15) is 0 Å². The third-order valence-corrected chi connectivity index (χ3v) is 1.47. The number of ether oxygens (including phenoxy) is 1. The quantitative estimate of drug-likeness (QED) is 0.707. The van der Waals surface area contributed by atoms with Gasteiger partial charge in [0.05, 0.1) is 5.60 Å². The summed E-state index contributed by atoms with van der Waals surface area (Å²) in [5.41, 5.74) is -0.248.